The number of piperidine rings is 1. The molecule has 1 aliphatic rings. The Balaban J connectivity index is 1.35. The molecular weight excluding hydrogens is 428 g/mol. The molecule has 1 saturated heterocycles. The number of aryl methyl sites for hydroxylation is 3. The summed E-state index contributed by atoms with van der Waals surface area (Å²) in [5.74, 6) is 0.163. The molecule has 4 rings (SSSR count). The Bertz CT molecular complexity index is 1220. The SMILES string of the molecule is Cc1ccc(C)c(CNC(=O)C2CCN(S(=O)(=O)c3ccc(-c4cc(C)[nH]n4)o3)CC2)c1. The van der Waals surface area contributed by atoms with Gasteiger partial charge in [-0.3, -0.25) is 9.89 Å². The molecule has 1 amide bonds. The maximum Gasteiger partial charge on any atom is 0.276 e. The second-order valence-corrected chi connectivity index (χ2v) is 10.2. The van der Waals surface area contributed by atoms with Crippen LogP contribution < -0.4 is 5.32 Å². The van der Waals surface area contributed by atoms with E-state index < -0.39 is 10.0 Å². The largest absolute Gasteiger partial charge is 0.442 e. The zero-order chi connectivity index (χ0) is 22.9. The van der Waals surface area contributed by atoms with Crippen molar-refractivity contribution in [1.82, 2.24) is 19.8 Å². The first-order valence-electron chi connectivity index (χ1n) is 10.7. The number of hydrogen-bond donors (Lipinski definition) is 2. The van der Waals surface area contributed by atoms with Crippen LogP contribution in [0.3, 0.4) is 0 Å². The van der Waals surface area contributed by atoms with Crippen LogP contribution in [-0.4, -0.2) is 41.9 Å². The van der Waals surface area contributed by atoms with Gasteiger partial charge >= 0.3 is 0 Å². The first-order valence-corrected chi connectivity index (χ1v) is 12.1. The van der Waals surface area contributed by atoms with Crippen molar-refractivity contribution in [2.24, 2.45) is 5.92 Å². The molecule has 2 aromatic heterocycles. The third-order valence-corrected chi connectivity index (χ3v) is 7.69. The number of hydrogen-bond acceptors (Lipinski definition) is 5. The maximum absolute atomic E-state index is 13.0. The predicted molar refractivity (Wildman–Crippen MR) is 120 cm³/mol. The van der Waals surface area contributed by atoms with Crippen LogP contribution >= 0.6 is 0 Å². The van der Waals surface area contributed by atoms with Gasteiger partial charge in [-0.15, -0.1) is 0 Å². The van der Waals surface area contributed by atoms with Crippen LogP contribution in [0.25, 0.3) is 11.5 Å². The topological polar surface area (TPSA) is 108 Å². The summed E-state index contributed by atoms with van der Waals surface area (Å²) in [5.41, 5.74) is 4.81. The number of nitrogens with zero attached hydrogens (tertiary/aromatic N) is 2. The van der Waals surface area contributed by atoms with Crippen LogP contribution in [0.15, 0.2) is 45.9 Å². The fourth-order valence-corrected chi connectivity index (χ4v) is 5.32. The van der Waals surface area contributed by atoms with Crippen LogP contribution in [-0.2, 0) is 21.4 Å². The van der Waals surface area contributed by atoms with Crippen LogP contribution in [0.2, 0.25) is 0 Å². The number of carbonyl (C=O) groups excluding carboxylic acids is 1. The van der Waals surface area contributed by atoms with Crippen molar-refractivity contribution in [3.05, 3.63) is 58.8 Å². The molecule has 0 spiro atoms. The number of aromatic amines is 1. The first-order chi connectivity index (χ1) is 15.2. The molecule has 0 aliphatic carbocycles. The predicted octanol–water partition coefficient (Wildman–Crippen LogP) is 3.31. The number of nitrogens with one attached hydrogen (secondary N) is 2. The van der Waals surface area contributed by atoms with Crippen molar-refractivity contribution in [3.63, 3.8) is 0 Å². The molecule has 1 fully saturated rings. The Hall–Kier alpha value is -2.91. The molecule has 3 aromatic rings. The van der Waals surface area contributed by atoms with Crippen LogP contribution in [0.5, 0.6) is 0 Å². The van der Waals surface area contributed by atoms with Gasteiger partial charge in [-0.1, -0.05) is 23.8 Å². The van der Waals surface area contributed by atoms with E-state index in [4.69, 9.17) is 4.42 Å². The molecule has 9 heteroatoms. The fourth-order valence-electron chi connectivity index (χ4n) is 3.94. The molecule has 0 radical (unpaired) electrons. The number of furan rings is 1. The van der Waals surface area contributed by atoms with E-state index in [-0.39, 0.29) is 30.0 Å². The molecule has 2 N–H and O–H groups in total. The minimum absolute atomic E-state index is 0.0304. The van der Waals surface area contributed by atoms with Crippen molar-refractivity contribution < 1.29 is 17.6 Å². The van der Waals surface area contributed by atoms with Gasteiger partial charge in [0.25, 0.3) is 10.0 Å². The number of aromatic nitrogens is 2. The van der Waals surface area contributed by atoms with Crippen molar-refractivity contribution in [1.29, 1.82) is 0 Å². The van der Waals surface area contributed by atoms with Gasteiger partial charge < -0.3 is 9.73 Å². The summed E-state index contributed by atoms with van der Waals surface area (Å²) in [7, 11) is -3.76. The number of amides is 1. The second kappa shape index (κ2) is 8.91. The lowest BCUT2D eigenvalue weighted by Crippen LogP contribution is -2.42. The minimum Gasteiger partial charge on any atom is -0.442 e. The van der Waals surface area contributed by atoms with Gasteiger partial charge in [0.15, 0.2) is 5.76 Å². The highest BCUT2D eigenvalue weighted by atomic mass is 32.2. The average molecular weight is 457 g/mol. The van der Waals surface area contributed by atoms with E-state index >= 15 is 0 Å². The third-order valence-electron chi connectivity index (χ3n) is 5.92. The van der Waals surface area contributed by atoms with Crippen molar-refractivity contribution >= 4 is 15.9 Å². The molecule has 1 aliphatic heterocycles. The Kier molecular flexibility index (Phi) is 6.21. The van der Waals surface area contributed by atoms with Crippen molar-refractivity contribution in [2.75, 3.05) is 13.1 Å². The molecular formula is C23H28N4O4S. The molecule has 0 bridgehead atoms. The molecule has 1 aromatic carbocycles. The fraction of sp³-hybridized carbons (Fsp3) is 0.391. The highest BCUT2D eigenvalue weighted by Gasteiger charge is 2.34. The van der Waals surface area contributed by atoms with E-state index in [1.807, 2.05) is 26.8 Å². The van der Waals surface area contributed by atoms with Crippen molar-refractivity contribution in [2.45, 2.75) is 45.2 Å². The highest BCUT2D eigenvalue weighted by Crippen LogP contribution is 2.28. The zero-order valence-corrected chi connectivity index (χ0v) is 19.3. The van der Waals surface area contributed by atoms with E-state index in [1.165, 1.54) is 10.4 Å². The van der Waals surface area contributed by atoms with E-state index in [9.17, 15) is 13.2 Å². The Morgan fingerprint density at radius 3 is 2.59 bits per heavy atom. The summed E-state index contributed by atoms with van der Waals surface area (Å²) >= 11 is 0. The molecule has 8 nitrogen and oxygen atoms in total. The minimum atomic E-state index is -3.76. The lowest BCUT2D eigenvalue weighted by molar-refractivity contribution is -0.126. The molecule has 0 saturated carbocycles. The van der Waals surface area contributed by atoms with Gasteiger partial charge in [0.2, 0.25) is 11.0 Å². The first kappa shape index (κ1) is 22.3. The Morgan fingerprint density at radius 1 is 1.16 bits per heavy atom. The normalized spacial score (nSPS) is 15.7. The number of carbonyl (C=O) groups is 1. The number of rotatable bonds is 6. The Labute approximate surface area is 188 Å². The highest BCUT2D eigenvalue weighted by molar-refractivity contribution is 7.89. The van der Waals surface area contributed by atoms with Crippen molar-refractivity contribution in [3.8, 4) is 11.5 Å². The molecule has 0 unspecified atom stereocenters. The summed E-state index contributed by atoms with van der Waals surface area (Å²) < 4.78 is 33.0. The number of H-pyrrole nitrogens is 1. The zero-order valence-electron chi connectivity index (χ0n) is 18.5. The quantitative estimate of drug-likeness (QED) is 0.592. The summed E-state index contributed by atoms with van der Waals surface area (Å²) in [6.07, 6.45) is 0.952. The van der Waals surface area contributed by atoms with Gasteiger partial charge in [-0.2, -0.15) is 9.40 Å². The third kappa shape index (κ3) is 4.63. The van der Waals surface area contributed by atoms with E-state index in [1.54, 1.807) is 12.1 Å². The Morgan fingerprint density at radius 2 is 1.91 bits per heavy atom. The maximum atomic E-state index is 13.0. The summed E-state index contributed by atoms with van der Waals surface area (Å²) in [5, 5.41) is 9.82. The van der Waals surface area contributed by atoms with Gasteiger partial charge in [0, 0.05) is 31.2 Å². The summed E-state index contributed by atoms with van der Waals surface area (Å²) in [4.78, 5) is 12.6. The van der Waals surface area contributed by atoms with E-state index in [0.717, 1.165) is 22.4 Å². The average Bonchev–Trinajstić information content (AvgIpc) is 3.44. The standard InChI is InChI=1S/C23H28N4O4S/c1-15-4-5-16(2)19(12-15)14-24-23(28)18-8-10-27(11-9-18)32(29,30)22-7-6-21(31-22)20-13-17(3)25-26-20/h4-7,12-13,18H,8-11,14H2,1-3H3,(H,24,28)(H,25,26). The lowest BCUT2D eigenvalue weighted by atomic mass is 9.97. The van der Waals surface area contributed by atoms with Gasteiger partial charge in [0.05, 0.1) is 0 Å². The molecule has 32 heavy (non-hydrogen) atoms. The monoisotopic (exact) mass is 456 g/mol. The van der Waals surface area contributed by atoms with Gasteiger partial charge in [0.1, 0.15) is 5.69 Å². The van der Waals surface area contributed by atoms with E-state index in [0.29, 0.717) is 30.8 Å². The smallest absolute Gasteiger partial charge is 0.276 e. The van der Waals surface area contributed by atoms with Crippen LogP contribution in [0.1, 0.15) is 35.2 Å². The second-order valence-electron chi connectivity index (χ2n) is 8.38. The van der Waals surface area contributed by atoms with Crippen LogP contribution in [0.4, 0.5) is 0 Å². The number of sulfonamides is 1. The molecule has 0 atom stereocenters. The van der Waals surface area contributed by atoms with E-state index in [2.05, 4.69) is 27.6 Å². The number of benzene rings is 1. The summed E-state index contributed by atoms with van der Waals surface area (Å²) in [6.45, 7) is 6.95. The van der Waals surface area contributed by atoms with Gasteiger partial charge in [-0.05, 0) is 62.9 Å². The summed E-state index contributed by atoms with van der Waals surface area (Å²) in [6, 6.07) is 11.0. The van der Waals surface area contributed by atoms with Crippen LogP contribution in [0, 0.1) is 26.7 Å². The lowest BCUT2D eigenvalue weighted by Gasteiger charge is -2.29. The molecule has 3 heterocycles. The van der Waals surface area contributed by atoms with Gasteiger partial charge in [-0.25, -0.2) is 8.42 Å². The molecule has 170 valence electrons.